The summed E-state index contributed by atoms with van der Waals surface area (Å²) < 4.78 is 69.2. The van der Waals surface area contributed by atoms with E-state index in [0.717, 1.165) is 25.7 Å². The van der Waals surface area contributed by atoms with Crippen LogP contribution in [0.1, 0.15) is 45.4 Å². The zero-order chi connectivity index (χ0) is 25.9. The third-order valence-electron chi connectivity index (χ3n) is 7.72. The Hall–Kier alpha value is -0.860. The number of hydrogen-bond donors (Lipinski definition) is 1. The molecule has 0 spiro atoms. The van der Waals surface area contributed by atoms with E-state index in [4.69, 9.17) is 0 Å². The van der Waals surface area contributed by atoms with Crippen LogP contribution >= 0.6 is 7.37 Å². The molecule has 2 aromatic carbocycles. The molecule has 2 aliphatic carbocycles. The maximum Gasteiger partial charge on any atom is 1.00 e. The molecule has 1 N–H and O–H groups in total. The monoisotopic (exact) mass is 559 g/mol. The van der Waals surface area contributed by atoms with Crippen molar-refractivity contribution in [3.8, 4) is 11.1 Å². The van der Waals surface area contributed by atoms with Crippen LogP contribution in [0, 0.1) is 29.4 Å². The van der Waals surface area contributed by atoms with Gasteiger partial charge in [-0.25, -0.2) is 21.9 Å². The number of halogens is 2. The van der Waals surface area contributed by atoms with Crippen molar-refractivity contribution in [2.75, 3.05) is 12.3 Å². The van der Waals surface area contributed by atoms with Crippen molar-refractivity contribution in [2.45, 2.75) is 56.4 Å². The van der Waals surface area contributed by atoms with Crippen LogP contribution in [0.5, 0.6) is 0 Å². The van der Waals surface area contributed by atoms with Crippen LogP contribution in [-0.2, 0) is 14.6 Å². The van der Waals surface area contributed by atoms with Crippen molar-refractivity contribution >= 4 is 17.4 Å². The summed E-state index contributed by atoms with van der Waals surface area (Å²) in [6.45, 7) is 1.66. The van der Waals surface area contributed by atoms with Gasteiger partial charge >= 0.3 is 29.6 Å². The van der Waals surface area contributed by atoms with Crippen molar-refractivity contribution in [1.82, 2.24) is 4.72 Å². The van der Waals surface area contributed by atoms with Gasteiger partial charge in [-0.15, -0.1) is 0 Å². The second kappa shape index (κ2) is 13.0. The summed E-state index contributed by atoms with van der Waals surface area (Å²) in [5.41, 5.74) is 0.0990. The largest absolute Gasteiger partial charge is 1.00 e. The van der Waals surface area contributed by atoms with E-state index in [1.54, 1.807) is 6.92 Å². The van der Waals surface area contributed by atoms with Crippen LogP contribution in [0.4, 0.5) is 8.78 Å². The van der Waals surface area contributed by atoms with E-state index >= 15 is 0 Å². The molecule has 196 valence electrons. The minimum Gasteiger partial charge on any atom is -0.799 e. The van der Waals surface area contributed by atoms with Gasteiger partial charge in [0.15, 0.2) is 0 Å². The van der Waals surface area contributed by atoms with Crippen LogP contribution in [0.15, 0.2) is 59.5 Å². The smallest absolute Gasteiger partial charge is 0.799 e. The first kappa shape index (κ1) is 30.7. The summed E-state index contributed by atoms with van der Waals surface area (Å²) in [6, 6.07) is 9.09. The fourth-order valence-electron chi connectivity index (χ4n) is 5.73. The van der Waals surface area contributed by atoms with Gasteiger partial charge in [-0.2, -0.15) is 0 Å². The standard InChI is InChI=1S/C27H34F2NO4PS.Na/c1-2-35(31,32)17-6-4-3-5-8-23-20-11-12-21(18-20)27(23)30-36(33,34)22-15-13-19(14-16-22)26-24(28)9-7-10-25(26)29;/h3,5,7,9-10,13-16,20-21,23,27,30H,2,4,6,8,11-12,17-18H2,1H3,(H,31,32);/q;+1/p-1/b5-3+;. The summed E-state index contributed by atoms with van der Waals surface area (Å²) in [4.78, 5) is 11.7. The van der Waals surface area contributed by atoms with E-state index in [9.17, 15) is 26.7 Å². The molecule has 4 rings (SSSR count). The topological polar surface area (TPSA) is 86.3 Å². The minimum absolute atomic E-state index is 0. The molecule has 10 heteroatoms. The summed E-state index contributed by atoms with van der Waals surface area (Å²) in [5, 5.41) is 0. The van der Waals surface area contributed by atoms with Gasteiger partial charge in [0.05, 0.1) is 10.5 Å². The Labute approximate surface area is 240 Å². The van der Waals surface area contributed by atoms with Gasteiger partial charge in [-0.05, 0) is 98.4 Å². The fourth-order valence-corrected chi connectivity index (χ4v) is 8.07. The molecule has 2 fully saturated rings. The van der Waals surface area contributed by atoms with Gasteiger partial charge in [-0.3, -0.25) is 0 Å². The number of benzene rings is 2. The van der Waals surface area contributed by atoms with Crippen LogP contribution < -0.4 is 39.2 Å². The molecule has 5 nitrogen and oxygen atoms in total. The molecular formula is C27H33F2NNaO4PS. The minimum atomic E-state index is -3.80. The third-order valence-corrected chi connectivity index (χ3v) is 11.2. The summed E-state index contributed by atoms with van der Waals surface area (Å²) in [5.74, 6) is -0.433. The predicted octanol–water partition coefficient (Wildman–Crippen LogP) is 2.71. The molecular weight excluding hydrogens is 526 g/mol. The predicted molar refractivity (Wildman–Crippen MR) is 136 cm³/mol. The van der Waals surface area contributed by atoms with Crippen molar-refractivity contribution in [1.29, 1.82) is 0 Å². The summed E-state index contributed by atoms with van der Waals surface area (Å²) in [7, 11) is -7.04. The molecule has 0 saturated heterocycles. The zero-order valence-corrected chi connectivity index (χ0v) is 25.1. The maximum atomic E-state index is 14.1. The molecule has 2 bridgehead atoms. The number of unbranched alkanes of at least 4 members (excludes halogenated alkanes) is 1. The second-order valence-corrected chi connectivity index (χ2v) is 14.4. The quantitative estimate of drug-likeness (QED) is 0.199. The molecule has 5 atom stereocenters. The summed E-state index contributed by atoms with van der Waals surface area (Å²) >= 11 is 0. The Morgan fingerprint density at radius 1 is 1.05 bits per heavy atom. The van der Waals surface area contributed by atoms with Gasteiger partial charge in [-0.1, -0.05) is 37.3 Å². The Bertz CT molecular complexity index is 1240. The Balaban J connectivity index is 0.00000380. The van der Waals surface area contributed by atoms with Crippen molar-refractivity contribution in [3.63, 3.8) is 0 Å². The summed E-state index contributed by atoms with van der Waals surface area (Å²) in [6.07, 6.45) is 9.62. The van der Waals surface area contributed by atoms with E-state index in [1.807, 2.05) is 6.08 Å². The number of rotatable bonds is 11. The third kappa shape index (κ3) is 7.42. The molecule has 0 heterocycles. The molecule has 2 saturated carbocycles. The second-order valence-electron chi connectivity index (χ2n) is 9.97. The Kier molecular flexibility index (Phi) is 10.8. The molecule has 0 radical (unpaired) electrons. The first-order chi connectivity index (χ1) is 17.1. The SMILES string of the molecule is CCP(=O)([O-])CCC/C=C/CC1C2CCC(C2)C1NS(=O)(=O)c1ccc(-c2c(F)cccc2F)cc1.[Na+]. The average molecular weight is 560 g/mol. The first-order valence-corrected chi connectivity index (χ1v) is 16.1. The number of nitrogens with one attached hydrogen (secondary N) is 1. The van der Waals surface area contributed by atoms with Crippen LogP contribution in [0.2, 0.25) is 0 Å². The van der Waals surface area contributed by atoms with Crippen LogP contribution in [0.3, 0.4) is 0 Å². The molecule has 5 unspecified atom stereocenters. The Morgan fingerprint density at radius 3 is 2.35 bits per heavy atom. The van der Waals surface area contributed by atoms with Crippen molar-refractivity contribution in [2.24, 2.45) is 17.8 Å². The molecule has 37 heavy (non-hydrogen) atoms. The average Bonchev–Trinajstić information content (AvgIpc) is 3.44. The Morgan fingerprint density at radius 2 is 1.70 bits per heavy atom. The first-order valence-electron chi connectivity index (χ1n) is 12.6. The fraction of sp³-hybridized carbons (Fsp3) is 0.481. The van der Waals surface area contributed by atoms with Crippen molar-refractivity contribution < 1.29 is 56.2 Å². The van der Waals surface area contributed by atoms with Crippen LogP contribution in [0.25, 0.3) is 11.1 Å². The van der Waals surface area contributed by atoms with E-state index in [-0.39, 0.29) is 69.9 Å². The normalized spacial score (nSPS) is 24.8. The number of fused-ring (bicyclic) bond motifs is 2. The molecule has 0 aromatic heterocycles. The molecule has 0 aliphatic heterocycles. The van der Waals surface area contributed by atoms with E-state index < -0.39 is 29.0 Å². The molecule has 0 amide bonds. The van der Waals surface area contributed by atoms with Gasteiger partial charge in [0.1, 0.15) is 11.6 Å². The van der Waals surface area contributed by atoms with Gasteiger partial charge in [0.25, 0.3) is 0 Å². The van der Waals surface area contributed by atoms with Gasteiger partial charge in [0, 0.05) is 13.4 Å². The van der Waals surface area contributed by atoms with Crippen molar-refractivity contribution in [3.05, 3.63) is 66.3 Å². The number of allylic oxidation sites excluding steroid dienone is 2. The van der Waals surface area contributed by atoms with E-state index in [1.165, 1.54) is 42.5 Å². The number of hydrogen-bond acceptors (Lipinski definition) is 4. The zero-order valence-electron chi connectivity index (χ0n) is 21.4. The van der Waals surface area contributed by atoms with Crippen LogP contribution in [-0.4, -0.2) is 26.8 Å². The van der Waals surface area contributed by atoms with Gasteiger partial charge < -0.3 is 9.46 Å². The molecule has 2 aliphatic rings. The van der Waals surface area contributed by atoms with E-state index in [2.05, 4.69) is 10.8 Å². The number of sulfonamides is 1. The maximum absolute atomic E-state index is 14.1. The molecule has 2 aromatic rings. The van der Waals surface area contributed by atoms with E-state index in [0.29, 0.717) is 24.7 Å². The van der Waals surface area contributed by atoms with Gasteiger partial charge in [0.2, 0.25) is 10.0 Å².